The lowest BCUT2D eigenvalue weighted by atomic mass is 10.0. The standard InChI is InChI=1S/C13H18F3NO2S/c1-3-17-12(9-20(18,19)4-2)10-6-5-7-11(8-10)13(14,15)16/h5-8,12,17H,3-4,9H2,1-2H3. The summed E-state index contributed by atoms with van der Waals surface area (Å²) in [5, 5.41) is 2.92. The second-order valence-electron chi connectivity index (χ2n) is 4.43. The van der Waals surface area contributed by atoms with Crippen LogP contribution in [0.25, 0.3) is 0 Å². The van der Waals surface area contributed by atoms with Gasteiger partial charge in [-0.05, 0) is 24.2 Å². The summed E-state index contributed by atoms with van der Waals surface area (Å²) in [6.07, 6.45) is -4.43. The van der Waals surface area contributed by atoms with Crippen LogP contribution in [0, 0.1) is 0 Å². The summed E-state index contributed by atoms with van der Waals surface area (Å²) in [6.45, 7) is 3.77. The van der Waals surface area contributed by atoms with Crippen molar-refractivity contribution in [3.05, 3.63) is 35.4 Å². The summed E-state index contributed by atoms with van der Waals surface area (Å²) in [5.41, 5.74) is -0.439. The number of halogens is 3. The van der Waals surface area contributed by atoms with Gasteiger partial charge in [-0.1, -0.05) is 26.0 Å². The molecule has 7 heteroatoms. The Balaban J connectivity index is 3.09. The first-order valence-corrected chi connectivity index (χ1v) is 8.12. The van der Waals surface area contributed by atoms with E-state index in [1.54, 1.807) is 6.92 Å². The molecule has 0 saturated heterocycles. The topological polar surface area (TPSA) is 46.2 Å². The predicted molar refractivity (Wildman–Crippen MR) is 72.2 cm³/mol. The lowest BCUT2D eigenvalue weighted by molar-refractivity contribution is -0.137. The molecule has 0 aliphatic carbocycles. The van der Waals surface area contributed by atoms with Gasteiger partial charge in [0, 0.05) is 11.8 Å². The summed E-state index contributed by atoms with van der Waals surface area (Å²) in [5.74, 6) is -0.244. The van der Waals surface area contributed by atoms with Crippen molar-refractivity contribution < 1.29 is 21.6 Å². The number of hydrogen-bond acceptors (Lipinski definition) is 3. The third-order valence-corrected chi connectivity index (χ3v) is 4.65. The number of rotatable bonds is 6. The first-order valence-electron chi connectivity index (χ1n) is 6.30. The molecular formula is C13H18F3NO2S. The zero-order valence-corrected chi connectivity index (χ0v) is 12.2. The van der Waals surface area contributed by atoms with E-state index in [0.717, 1.165) is 12.1 Å². The second kappa shape index (κ2) is 6.58. The third kappa shape index (κ3) is 4.79. The smallest absolute Gasteiger partial charge is 0.309 e. The molecule has 1 atom stereocenters. The van der Waals surface area contributed by atoms with Crippen LogP contribution in [-0.2, 0) is 16.0 Å². The fraction of sp³-hybridized carbons (Fsp3) is 0.538. The highest BCUT2D eigenvalue weighted by Gasteiger charge is 2.31. The Kier molecular flexibility index (Phi) is 5.59. The molecule has 3 nitrogen and oxygen atoms in total. The molecule has 0 fully saturated rings. The fourth-order valence-corrected chi connectivity index (χ4v) is 2.88. The molecule has 0 radical (unpaired) electrons. The Bertz CT molecular complexity index is 541. The first kappa shape index (κ1) is 17.0. The van der Waals surface area contributed by atoms with Crippen molar-refractivity contribution in [3.8, 4) is 0 Å². The van der Waals surface area contributed by atoms with Crippen LogP contribution in [0.3, 0.4) is 0 Å². The average Bonchev–Trinajstić information content (AvgIpc) is 2.37. The molecule has 0 heterocycles. The van der Waals surface area contributed by atoms with Crippen LogP contribution < -0.4 is 5.32 Å². The summed E-state index contributed by atoms with van der Waals surface area (Å²) >= 11 is 0. The highest BCUT2D eigenvalue weighted by Crippen LogP contribution is 2.31. The minimum absolute atomic E-state index is 0.0339. The third-order valence-electron chi connectivity index (χ3n) is 2.93. The van der Waals surface area contributed by atoms with Crippen molar-refractivity contribution in [1.29, 1.82) is 0 Å². The zero-order chi connectivity index (χ0) is 15.4. The first-order chi connectivity index (χ1) is 9.19. The maximum absolute atomic E-state index is 12.7. The fourth-order valence-electron chi connectivity index (χ4n) is 1.82. The molecule has 1 unspecified atom stereocenters. The molecule has 0 aromatic heterocycles. The van der Waals surface area contributed by atoms with Gasteiger partial charge in [0.1, 0.15) is 0 Å². The van der Waals surface area contributed by atoms with Crippen molar-refractivity contribution in [1.82, 2.24) is 5.32 Å². The van der Waals surface area contributed by atoms with Crippen molar-refractivity contribution in [2.75, 3.05) is 18.1 Å². The van der Waals surface area contributed by atoms with E-state index in [2.05, 4.69) is 5.32 Å². The van der Waals surface area contributed by atoms with Crippen molar-refractivity contribution in [2.45, 2.75) is 26.1 Å². The molecule has 1 rings (SSSR count). The van der Waals surface area contributed by atoms with Gasteiger partial charge in [-0.3, -0.25) is 0 Å². The number of alkyl halides is 3. The van der Waals surface area contributed by atoms with Gasteiger partial charge in [0.2, 0.25) is 0 Å². The Morgan fingerprint density at radius 1 is 1.25 bits per heavy atom. The van der Waals surface area contributed by atoms with Crippen LogP contribution in [0.1, 0.15) is 31.0 Å². The zero-order valence-electron chi connectivity index (χ0n) is 11.4. The van der Waals surface area contributed by atoms with Gasteiger partial charge in [-0.25, -0.2) is 8.42 Å². The van der Waals surface area contributed by atoms with Crippen molar-refractivity contribution in [2.24, 2.45) is 0 Å². The number of sulfone groups is 1. The molecule has 0 saturated carbocycles. The monoisotopic (exact) mass is 309 g/mol. The van der Waals surface area contributed by atoms with Gasteiger partial charge >= 0.3 is 6.18 Å². The van der Waals surface area contributed by atoms with Gasteiger partial charge in [-0.2, -0.15) is 13.2 Å². The van der Waals surface area contributed by atoms with Gasteiger partial charge in [0.25, 0.3) is 0 Å². The van der Waals surface area contributed by atoms with Crippen LogP contribution in [0.2, 0.25) is 0 Å². The molecule has 0 aliphatic heterocycles. The largest absolute Gasteiger partial charge is 0.416 e. The molecule has 0 aliphatic rings. The maximum Gasteiger partial charge on any atom is 0.416 e. The summed E-state index contributed by atoms with van der Waals surface area (Å²) < 4.78 is 61.4. The number of benzene rings is 1. The lowest BCUT2D eigenvalue weighted by Crippen LogP contribution is -2.29. The molecule has 0 amide bonds. The van der Waals surface area contributed by atoms with Gasteiger partial charge in [-0.15, -0.1) is 0 Å². The number of nitrogens with one attached hydrogen (secondary N) is 1. The van der Waals surface area contributed by atoms with Crippen LogP contribution >= 0.6 is 0 Å². The summed E-state index contributed by atoms with van der Waals surface area (Å²) in [6, 6.07) is 4.14. The normalized spacial score (nSPS) is 14.2. The minimum Gasteiger partial charge on any atom is -0.309 e. The van der Waals surface area contributed by atoms with E-state index in [1.165, 1.54) is 19.1 Å². The van der Waals surface area contributed by atoms with E-state index in [1.807, 2.05) is 0 Å². The minimum atomic E-state index is -4.43. The molecule has 0 spiro atoms. The maximum atomic E-state index is 12.7. The van der Waals surface area contributed by atoms with Gasteiger partial charge in [0.05, 0.1) is 11.3 Å². The molecule has 114 valence electrons. The highest BCUT2D eigenvalue weighted by atomic mass is 32.2. The van der Waals surface area contributed by atoms with E-state index in [-0.39, 0.29) is 11.5 Å². The van der Waals surface area contributed by atoms with E-state index in [4.69, 9.17) is 0 Å². The predicted octanol–water partition coefficient (Wildman–Crippen LogP) is 2.79. The van der Waals surface area contributed by atoms with Gasteiger partial charge < -0.3 is 5.32 Å². The molecule has 20 heavy (non-hydrogen) atoms. The highest BCUT2D eigenvalue weighted by molar-refractivity contribution is 7.91. The van der Waals surface area contributed by atoms with Crippen LogP contribution in [0.4, 0.5) is 13.2 Å². The van der Waals surface area contributed by atoms with Crippen LogP contribution in [0.15, 0.2) is 24.3 Å². The van der Waals surface area contributed by atoms with Gasteiger partial charge in [0.15, 0.2) is 9.84 Å². The summed E-state index contributed by atoms with van der Waals surface area (Å²) in [4.78, 5) is 0. The molecular weight excluding hydrogens is 291 g/mol. The van der Waals surface area contributed by atoms with Crippen LogP contribution in [0.5, 0.6) is 0 Å². The number of hydrogen-bond donors (Lipinski definition) is 1. The molecule has 1 aromatic rings. The SMILES string of the molecule is CCNC(CS(=O)(=O)CC)c1cccc(C(F)(F)F)c1. The summed E-state index contributed by atoms with van der Waals surface area (Å²) in [7, 11) is -3.28. The van der Waals surface area contributed by atoms with E-state index >= 15 is 0 Å². The lowest BCUT2D eigenvalue weighted by Gasteiger charge is -2.19. The van der Waals surface area contributed by atoms with E-state index < -0.39 is 27.6 Å². The Hall–Kier alpha value is -1.08. The Labute approximate surface area is 117 Å². The van der Waals surface area contributed by atoms with E-state index in [0.29, 0.717) is 12.1 Å². The van der Waals surface area contributed by atoms with Crippen molar-refractivity contribution in [3.63, 3.8) is 0 Å². The van der Waals surface area contributed by atoms with E-state index in [9.17, 15) is 21.6 Å². The molecule has 1 aromatic carbocycles. The molecule has 1 N–H and O–H groups in total. The van der Waals surface area contributed by atoms with Crippen molar-refractivity contribution >= 4 is 9.84 Å². The average molecular weight is 309 g/mol. The Morgan fingerprint density at radius 2 is 1.90 bits per heavy atom. The molecule has 0 bridgehead atoms. The second-order valence-corrected chi connectivity index (χ2v) is 6.83. The Morgan fingerprint density at radius 3 is 2.40 bits per heavy atom. The van der Waals surface area contributed by atoms with Crippen LogP contribution in [-0.4, -0.2) is 26.5 Å². The quantitative estimate of drug-likeness (QED) is 0.879.